The van der Waals surface area contributed by atoms with Crippen LogP contribution in [0.2, 0.25) is 0 Å². The van der Waals surface area contributed by atoms with Crippen molar-refractivity contribution in [1.29, 1.82) is 0 Å². The van der Waals surface area contributed by atoms with Gasteiger partial charge in [-0.05, 0) is 23.8 Å². The second-order valence-electron chi connectivity index (χ2n) is 4.47. The Kier molecular flexibility index (Phi) is 5.62. The summed E-state index contributed by atoms with van der Waals surface area (Å²) in [7, 11) is 0. The van der Waals surface area contributed by atoms with Gasteiger partial charge in [0.25, 0.3) is 0 Å². The van der Waals surface area contributed by atoms with E-state index in [0.29, 0.717) is 19.4 Å². The summed E-state index contributed by atoms with van der Waals surface area (Å²) in [6.45, 7) is 0.247. The van der Waals surface area contributed by atoms with Gasteiger partial charge in [0.05, 0.1) is 6.26 Å². The van der Waals surface area contributed by atoms with Gasteiger partial charge in [0, 0.05) is 24.9 Å². The third kappa shape index (κ3) is 4.83. The molecule has 1 aromatic heterocycles. The maximum absolute atomic E-state index is 11.8. The summed E-state index contributed by atoms with van der Waals surface area (Å²) >= 11 is 0. The smallest absolute Gasteiger partial charge is 0.220 e. The van der Waals surface area contributed by atoms with Crippen molar-refractivity contribution >= 4 is 5.91 Å². The fraction of sp³-hybridized carbons (Fsp3) is 0.235. The molecule has 4 nitrogen and oxygen atoms in total. The van der Waals surface area contributed by atoms with Crippen LogP contribution in [-0.2, 0) is 17.8 Å². The largest absolute Gasteiger partial charge is 0.469 e. The molecule has 0 bridgehead atoms. The van der Waals surface area contributed by atoms with Crippen molar-refractivity contribution in [3.8, 4) is 11.8 Å². The first kappa shape index (κ1) is 14.9. The molecule has 0 unspecified atom stereocenters. The van der Waals surface area contributed by atoms with Gasteiger partial charge in [0.2, 0.25) is 5.91 Å². The van der Waals surface area contributed by atoms with Crippen molar-refractivity contribution in [2.24, 2.45) is 0 Å². The van der Waals surface area contributed by atoms with Crippen LogP contribution in [-0.4, -0.2) is 17.6 Å². The highest BCUT2D eigenvalue weighted by atomic mass is 16.3. The van der Waals surface area contributed by atoms with Crippen molar-refractivity contribution in [2.75, 3.05) is 6.61 Å². The Balaban J connectivity index is 1.86. The lowest BCUT2D eigenvalue weighted by molar-refractivity contribution is -0.121. The highest BCUT2D eigenvalue weighted by Gasteiger charge is 2.05. The minimum absolute atomic E-state index is 0.0312. The summed E-state index contributed by atoms with van der Waals surface area (Å²) in [5.41, 5.74) is 1.75. The number of hydrogen-bond donors (Lipinski definition) is 2. The van der Waals surface area contributed by atoms with Crippen LogP contribution < -0.4 is 5.32 Å². The Morgan fingerprint density at radius 1 is 1.24 bits per heavy atom. The zero-order chi connectivity index (χ0) is 14.9. The fourth-order valence-electron chi connectivity index (χ4n) is 1.90. The maximum atomic E-state index is 11.8. The quantitative estimate of drug-likeness (QED) is 0.823. The van der Waals surface area contributed by atoms with E-state index in [-0.39, 0.29) is 12.5 Å². The predicted molar refractivity (Wildman–Crippen MR) is 79.3 cm³/mol. The molecule has 0 atom stereocenters. The summed E-state index contributed by atoms with van der Waals surface area (Å²) in [6.07, 6.45) is 2.58. The van der Waals surface area contributed by atoms with Gasteiger partial charge in [-0.25, -0.2) is 0 Å². The molecule has 0 spiro atoms. The standard InChI is InChI=1S/C17H17NO3/c19-11-3-7-14-5-1-2-6-15(14)13-18-17(20)10-9-16-8-4-12-21-16/h1-2,4-6,8,12,19H,9-11,13H2,(H,18,20). The fourth-order valence-corrected chi connectivity index (χ4v) is 1.90. The minimum Gasteiger partial charge on any atom is -0.469 e. The molecule has 0 aliphatic rings. The Hall–Kier alpha value is -2.51. The third-order valence-electron chi connectivity index (χ3n) is 2.97. The average molecular weight is 283 g/mol. The number of benzene rings is 1. The van der Waals surface area contributed by atoms with Gasteiger partial charge in [0.15, 0.2) is 0 Å². The molecule has 108 valence electrons. The van der Waals surface area contributed by atoms with E-state index in [0.717, 1.165) is 16.9 Å². The number of carbonyl (C=O) groups excluding carboxylic acids is 1. The number of hydrogen-bond acceptors (Lipinski definition) is 3. The van der Waals surface area contributed by atoms with Crippen LogP contribution in [0.5, 0.6) is 0 Å². The van der Waals surface area contributed by atoms with Crippen LogP contribution in [0.3, 0.4) is 0 Å². The molecule has 1 aromatic carbocycles. The van der Waals surface area contributed by atoms with E-state index in [2.05, 4.69) is 17.2 Å². The number of nitrogens with one attached hydrogen (secondary N) is 1. The number of amides is 1. The lowest BCUT2D eigenvalue weighted by atomic mass is 10.1. The van der Waals surface area contributed by atoms with Crippen molar-refractivity contribution in [2.45, 2.75) is 19.4 Å². The lowest BCUT2D eigenvalue weighted by Crippen LogP contribution is -2.23. The van der Waals surface area contributed by atoms with E-state index in [1.807, 2.05) is 36.4 Å². The van der Waals surface area contributed by atoms with E-state index in [9.17, 15) is 4.79 Å². The molecule has 2 N–H and O–H groups in total. The Bertz CT molecular complexity index is 636. The number of furan rings is 1. The SMILES string of the molecule is O=C(CCc1ccco1)NCc1ccccc1C#CCO. The Morgan fingerprint density at radius 2 is 2.10 bits per heavy atom. The predicted octanol–water partition coefficient (Wildman–Crippen LogP) is 1.87. The normalized spacial score (nSPS) is 9.76. The minimum atomic E-state index is -0.177. The maximum Gasteiger partial charge on any atom is 0.220 e. The second-order valence-corrected chi connectivity index (χ2v) is 4.47. The van der Waals surface area contributed by atoms with Crippen LogP contribution in [0.25, 0.3) is 0 Å². The van der Waals surface area contributed by atoms with Crippen molar-refractivity contribution in [3.63, 3.8) is 0 Å². The summed E-state index contributed by atoms with van der Waals surface area (Å²) in [5.74, 6) is 6.27. The van der Waals surface area contributed by atoms with Crippen LogP contribution in [0.4, 0.5) is 0 Å². The molecule has 0 saturated heterocycles. The van der Waals surface area contributed by atoms with Crippen LogP contribution in [0.1, 0.15) is 23.3 Å². The average Bonchev–Trinajstić information content (AvgIpc) is 3.03. The number of aliphatic hydroxyl groups excluding tert-OH is 1. The van der Waals surface area contributed by atoms with Gasteiger partial charge in [-0.1, -0.05) is 30.0 Å². The van der Waals surface area contributed by atoms with Gasteiger partial charge in [0.1, 0.15) is 12.4 Å². The van der Waals surface area contributed by atoms with Crippen molar-refractivity contribution in [3.05, 3.63) is 59.5 Å². The van der Waals surface area contributed by atoms with E-state index < -0.39 is 0 Å². The highest BCUT2D eigenvalue weighted by molar-refractivity contribution is 5.76. The Labute approximate surface area is 123 Å². The first-order valence-electron chi connectivity index (χ1n) is 6.76. The highest BCUT2D eigenvalue weighted by Crippen LogP contribution is 2.08. The molecular weight excluding hydrogens is 266 g/mol. The monoisotopic (exact) mass is 283 g/mol. The van der Waals surface area contributed by atoms with Gasteiger partial charge in [-0.2, -0.15) is 0 Å². The van der Waals surface area contributed by atoms with E-state index >= 15 is 0 Å². The zero-order valence-corrected chi connectivity index (χ0v) is 11.6. The Morgan fingerprint density at radius 3 is 2.86 bits per heavy atom. The molecule has 1 amide bonds. The van der Waals surface area contributed by atoms with E-state index in [1.165, 1.54) is 0 Å². The topological polar surface area (TPSA) is 62.5 Å². The number of aryl methyl sites for hydroxylation is 1. The first-order valence-corrected chi connectivity index (χ1v) is 6.76. The summed E-state index contributed by atoms with van der Waals surface area (Å²) in [5, 5.41) is 11.6. The number of rotatable bonds is 5. The molecule has 0 fully saturated rings. The summed E-state index contributed by atoms with van der Waals surface area (Å²) in [6, 6.07) is 11.2. The van der Waals surface area contributed by atoms with E-state index in [4.69, 9.17) is 9.52 Å². The molecule has 0 radical (unpaired) electrons. The van der Waals surface area contributed by atoms with Crippen LogP contribution >= 0.6 is 0 Å². The molecule has 2 rings (SSSR count). The summed E-state index contributed by atoms with van der Waals surface area (Å²) in [4.78, 5) is 11.8. The number of aliphatic hydroxyl groups is 1. The van der Waals surface area contributed by atoms with Gasteiger partial charge >= 0.3 is 0 Å². The first-order chi connectivity index (χ1) is 10.3. The second kappa shape index (κ2) is 7.93. The lowest BCUT2D eigenvalue weighted by Gasteiger charge is -2.07. The molecule has 0 aliphatic heterocycles. The van der Waals surface area contributed by atoms with E-state index in [1.54, 1.807) is 6.26 Å². The van der Waals surface area contributed by atoms with Gasteiger partial charge in [-0.15, -0.1) is 0 Å². The van der Waals surface area contributed by atoms with Gasteiger partial charge in [-0.3, -0.25) is 4.79 Å². The molecular formula is C17H17NO3. The molecule has 2 aromatic rings. The van der Waals surface area contributed by atoms with Crippen molar-refractivity contribution in [1.82, 2.24) is 5.32 Å². The molecule has 1 heterocycles. The van der Waals surface area contributed by atoms with Crippen molar-refractivity contribution < 1.29 is 14.3 Å². The zero-order valence-electron chi connectivity index (χ0n) is 11.6. The van der Waals surface area contributed by atoms with Crippen LogP contribution in [0, 0.1) is 11.8 Å². The number of carbonyl (C=O) groups is 1. The summed E-state index contributed by atoms with van der Waals surface area (Å²) < 4.78 is 5.19. The molecule has 0 saturated carbocycles. The third-order valence-corrected chi connectivity index (χ3v) is 2.97. The van der Waals surface area contributed by atoms with Gasteiger partial charge < -0.3 is 14.8 Å². The molecule has 21 heavy (non-hydrogen) atoms. The molecule has 0 aliphatic carbocycles. The van der Waals surface area contributed by atoms with Crippen LogP contribution in [0.15, 0.2) is 47.1 Å². The molecule has 4 heteroatoms.